The van der Waals surface area contributed by atoms with Crippen LogP contribution >= 0.6 is 0 Å². The molecule has 0 aromatic rings. The molecule has 0 fully saturated rings. The fraction of sp³-hybridized carbons (Fsp3) is 0.500. The van der Waals surface area contributed by atoms with Gasteiger partial charge in [-0.05, 0) is 6.08 Å². The van der Waals surface area contributed by atoms with Gasteiger partial charge in [-0.15, -0.1) is 0 Å². The zero-order chi connectivity index (χ0) is 9.19. The summed E-state index contributed by atoms with van der Waals surface area (Å²) in [6, 6.07) is 0. The molecule has 0 radical (unpaired) electrons. The molecule has 3 N–H and O–H groups in total. The number of methoxy groups -OCH3 is 1. The highest BCUT2D eigenvalue weighted by Gasteiger charge is 2.31. The lowest BCUT2D eigenvalue weighted by atomic mass is 9.94. The molecule has 1 aliphatic carbocycles. The number of allylic oxidation sites excluding steroid dienone is 1. The highest BCUT2D eigenvalue weighted by Crippen LogP contribution is 2.26. The molecular formula is C8H12O4. The molecule has 0 amide bonds. The number of rotatable bonds is 2. The molecule has 1 atom stereocenters. The molecule has 68 valence electrons. The SMILES string of the molecule is COC1(CO)C=C(O)C=C(O)C1. The van der Waals surface area contributed by atoms with Crippen molar-refractivity contribution in [3.63, 3.8) is 0 Å². The van der Waals surface area contributed by atoms with Crippen LogP contribution in [-0.4, -0.2) is 34.6 Å². The molecule has 0 aromatic heterocycles. The summed E-state index contributed by atoms with van der Waals surface area (Å²) in [5.74, 6) is -0.0828. The van der Waals surface area contributed by atoms with Crippen LogP contribution in [0.2, 0.25) is 0 Å². The summed E-state index contributed by atoms with van der Waals surface area (Å²) < 4.78 is 4.98. The van der Waals surface area contributed by atoms with Crippen molar-refractivity contribution < 1.29 is 20.1 Å². The second-order valence-corrected chi connectivity index (χ2v) is 2.81. The Labute approximate surface area is 70.4 Å². The Morgan fingerprint density at radius 2 is 2.25 bits per heavy atom. The van der Waals surface area contributed by atoms with E-state index in [1.807, 2.05) is 0 Å². The monoisotopic (exact) mass is 172 g/mol. The third kappa shape index (κ3) is 1.60. The van der Waals surface area contributed by atoms with Gasteiger partial charge in [0.15, 0.2) is 0 Å². The maximum absolute atomic E-state index is 9.15. The van der Waals surface area contributed by atoms with E-state index < -0.39 is 5.60 Å². The molecule has 12 heavy (non-hydrogen) atoms. The third-order valence-electron chi connectivity index (χ3n) is 1.88. The molecule has 1 aliphatic rings. The molecule has 0 aliphatic heterocycles. The van der Waals surface area contributed by atoms with E-state index in [9.17, 15) is 0 Å². The lowest BCUT2D eigenvalue weighted by Gasteiger charge is -2.28. The van der Waals surface area contributed by atoms with Crippen molar-refractivity contribution in [2.24, 2.45) is 0 Å². The molecule has 4 heteroatoms. The first-order chi connectivity index (χ1) is 5.62. The lowest BCUT2D eigenvalue weighted by molar-refractivity contribution is -0.0234. The average molecular weight is 172 g/mol. The van der Waals surface area contributed by atoms with Crippen molar-refractivity contribution >= 4 is 0 Å². The summed E-state index contributed by atoms with van der Waals surface area (Å²) in [6.07, 6.45) is 2.80. The van der Waals surface area contributed by atoms with Gasteiger partial charge in [-0.25, -0.2) is 0 Å². The van der Waals surface area contributed by atoms with Gasteiger partial charge in [0.25, 0.3) is 0 Å². The third-order valence-corrected chi connectivity index (χ3v) is 1.88. The van der Waals surface area contributed by atoms with E-state index in [1.54, 1.807) is 0 Å². The summed E-state index contributed by atoms with van der Waals surface area (Å²) in [5, 5.41) is 27.2. The Balaban J connectivity index is 2.90. The van der Waals surface area contributed by atoms with Crippen LogP contribution in [-0.2, 0) is 4.74 Å². The van der Waals surface area contributed by atoms with Crippen molar-refractivity contribution in [1.29, 1.82) is 0 Å². The Bertz CT molecular complexity index is 225. The van der Waals surface area contributed by atoms with Gasteiger partial charge in [-0.2, -0.15) is 0 Å². The molecule has 0 saturated carbocycles. The van der Waals surface area contributed by atoms with E-state index in [-0.39, 0.29) is 24.5 Å². The first-order valence-corrected chi connectivity index (χ1v) is 3.59. The highest BCUT2D eigenvalue weighted by molar-refractivity contribution is 5.26. The van der Waals surface area contributed by atoms with Crippen molar-refractivity contribution in [1.82, 2.24) is 0 Å². The standard InChI is InChI=1S/C8H12O4/c1-12-8(5-9)3-6(10)2-7(11)4-8/h2-3,9-11H,4-5H2,1H3. The molecular weight excluding hydrogens is 160 g/mol. The average Bonchev–Trinajstić information content (AvgIpc) is 2.02. The van der Waals surface area contributed by atoms with Crippen molar-refractivity contribution in [2.75, 3.05) is 13.7 Å². The number of hydrogen-bond donors (Lipinski definition) is 3. The van der Waals surface area contributed by atoms with Crippen LogP contribution in [0.25, 0.3) is 0 Å². The minimum absolute atomic E-state index is 0.00546. The summed E-state index contributed by atoms with van der Waals surface area (Å²) in [5.41, 5.74) is -0.969. The largest absolute Gasteiger partial charge is 0.512 e. The predicted octanol–water partition coefficient (Wildman–Crippen LogP) is 0.651. The number of aliphatic hydroxyl groups excluding tert-OH is 3. The van der Waals surface area contributed by atoms with Gasteiger partial charge in [0, 0.05) is 19.6 Å². The summed E-state index contributed by atoms with van der Waals surface area (Å²) in [6.45, 7) is -0.272. The molecule has 0 spiro atoms. The summed E-state index contributed by atoms with van der Waals surface area (Å²) in [7, 11) is 1.42. The Morgan fingerprint density at radius 3 is 2.67 bits per heavy atom. The topological polar surface area (TPSA) is 69.9 Å². The number of aliphatic hydroxyl groups is 3. The normalized spacial score (nSPS) is 29.5. The lowest BCUT2D eigenvalue weighted by Crippen LogP contribution is -2.36. The first kappa shape index (κ1) is 9.09. The van der Waals surface area contributed by atoms with Crippen LogP contribution in [0.4, 0.5) is 0 Å². The maximum atomic E-state index is 9.15. The van der Waals surface area contributed by atoms with Gasteiger partial charge >= 0.3 is 0 Å². The van der Waals surface area contributed by atoms with E-state index in [1.165, 1.54) is 19.3 Å². The molecule has 0 aromatic carbocycles. The minimum Gasteiger partial charge on any atom is -0.512 e. The fourth-order valence-corrected chi connectivity index (χ4v) is 1.19. The number of ether oxygens (including phenoxy) is 1. The van der Waals surface area contributed by atoms with E-state index in [4.69, 9.17) is 20.1 Å². The van der Waals surface area contributed by atoms with Crippen LogP contribution in [0, 0.1) is 0 Å². The fourth-order valence-electron chi connectivity index (χ4n) is 1.19. The molecule has 1 rings (SSSR count). The van der Waals surface area contributed by atoms with Crippen LogP contribution in [0.5, 0.6) is 0 Å². The van der Waals surface area contributed by atoms with Crippen LogP contribution in [0.15, 0.2) is 23.7 Å². The zero-order valence-corrected chi connectivity index (χ0v) is 6.82. The van der Waals surface area contributed by atoms with E-state index in [0.717, 1.165) is 0 Å². The Hall–Kier alpha value is -1.00. The van der Waals surface area contributed by atoms with Crippen molar-refractivity contribution in [2.45, 2.75) is 12.0 Å². The summed E-state index contributed by atoms with van der Waals surface area (Å²) >= 11 is 0. The van der Waals surface area contributed by atoms with Gasteiger partial charge in [0.05, 0.1) is 12.4 Å². The van der Waals surface area contributed by atoms with Crippen molar-refractivity contribution in [3.05, 3.63) is 23.7 Å². The smallest absolute Gasteiger partial charge is 0.120 e. The highest BCUT2D eigenvalue weighted by atomic mass is 16.5. The van der Waals surface area contributed by atoms with Crippen LogP contribution in [0.1, 0.15) is 6.42 Å². The summed E-state index contributed by atoms with van der Waals surface area (Å²) in [4.78, 5) is 0. The first-order valence-electron chi connectivity index (χ1n) is 3.59. The molecule has 0 heterocycles. The van der Waals surface area contributed by atoms with Gasteiger partial charge in [-0.3, -0.25) is 0 Å². The zero-order valence-electron chi connectivity index (χ0n) is 6.82. The molecule has 0 bridgehead atoms. The van der Waals surface area contributed by atoms with Gasteiger partial charge in [-0.1, -0.05) is 0 Å². The molecule has 1 unspecified atom stereocenters. The molecule has 4 nitrogen and oxygen atoms in total. The van der Waals surface area contributed by atoms with E-state index >= 15 is 0 Å². The van der Waals surface area contributed by atoms with E-state index in [0.29, 0.717) is 0 Å². The van der Waals surface area contributed by atoms with Gasteiger partial charge in [0.2, 0.25) is 0 Å². The second kappa shape index (κ2) is 3.16. The van der Waals surface area contributed by atoms with Crippen molar-refractivity contribution in [3.8, 4) is 0 Å². The Morgan fingerprint density at radius 1 is 1.58 bits per heavy atom. The van der Waals surface area contributed by atoms with E-state index in [2.05, 4.69) is 0 Å². The van der Waals surface area contributed by atoms with Crippen LogP contribution < -0.4 is 0 Å². The second-order valence-electron chi connectivity index (χ2n) is 2.81. The van der Waals surface area contributed by atoms with Gasteiger partial charge < -0.3 is 20.1 Å². The maximum Gasteiger partial charge on any atom is 0.120 e. The van der Waals surface area contributed by atoms with Gasteiger partial charge in [0.1, 0.15) is 11.4 Å². The quantitative estimate of drug-likeness (QED) is 0.572. The number of hydrogen-bond acceptors (Lipinski definition) is 4. The molecule has 0 saturated heterocycles. The Kier molecular flexibility index (Phi) is 2.40. The minimum atomic E-state index is -0.969. The predicted molar refractivity (Wildman–Crippen MR) is 42.9 cm³/mol. The van der Waals surface area contributed by atoms with Crippen LogP contribution in [0.3, 0.4) is 0 Å².